The summed E-state index contributed by atoms with van der Waals surface area (Å²) in [4.78, 5) is 6.82. The summed E-state index contributed by atoms with van der Waals surface area (Å²) in [7, 11) is 0. The zero-order valence-electron chi connectivity index (χ0n) is 11.7. The molecular weight excluding hydrogens is 256 g/mol. The molecule has 1 aromatic carbocycles. The predicted molar refractivity (Wildman–Crippen MR) is 82.4 cm³/mol. The molecule has 0 aliphatic rings. The maximum Gasteiger partial charge on any atom is 0.133 e. The lowest BCUT2D eigenvalue weighted by molar-refractivity contribution is 0.974. The third-order valence-electron chi connectivity index (χ3n) is 3.09. The van der Waals surface area contributed by atoms with E-state index in [-0.39, 0.29) is 0 Å². The molecule has 0 unspecified atom stereocenters. The molecule has 100 valence electrons. The molecule has 0 bridgehead atoms. The van der Waals surface area contributed by atoms with Crippen molar-refractivity contribution in [3.05, 3.63) is 53.2 Å². The van der Waals surface area contributed by atoms with Gasteiger partial charge in [-0.05, 0) is 50.6 Å². The van der Waals surface area contributed by atoms with Crippen molar-refractivity contribution >= 4 is 23.1 Å². The number of aryl methyl sites for hydroxylation is 2. The number of anilines is 2. The molecule has 0 atom stereocenters. The standard InChI is InChI=1S/C16H19ClN2/c1-4-19(15-7-5-12(2)6-8-15)16-10-14(11-17)9-13(3)18-16/h5-10H,4,11H2,1-3H3. The fourth-order valence-corrected chi connectivity index (χ4v) is 2.29. The zero-order valence-corrected chi connectivity index (χ0v) is 12.4. The Morgan fingerprint density at radius 1 is 1.11 bits per heavy atom. The van der Waals surface area contributed by atoms with E-state index in [4.69, 9.17) is 11.6 Å². The Labute approximate surface area is 120 Å². The molecule has 0 N–H and O–H groups in total. The molecule has 2 aromatic rings. The molecular formula is C16H19ClN2. The lowest BCUT2D eigenvalue weighted by Gasteiger charge is -2.23. The molecule has 1 aromatic heterocycles. The van der Waals surface area contributed by atoms with Crippen LogP contribution in [0, 0.1) is 13.8 Å². The Balaban J connectivity index is 2.41. The van der Waals surface area contributed by atoms with Crippen LogP contribution in [-0.2, 0) is 5.88 Å². The van der Waals surface area contributed by atoms with Gasteiger partial charge in [0.1, 0.15) is 5.82 Å². The fraction of sp³-hybridized carbons (Fsp3) is 0.312. The number of benzene rings is 1. The lowest BCUT2D eigenvalue weighted by Crippen LogP contribution is -2.17. The van der Waals surface area contributed by atoms with E-state index in [9.17, 15) is 0 Å². The second-order valence-corrected chi connectivity index (χ2v) is 4.96. The van der Waals surface area contributed by atoms with Gasteiger partial charge in [-0.1, -0.05) is 17.7 Å². The SMILES string of the molecule is CCN(c1ccc(C)cc1)c1cc(CCl)cc(C)n1. The molecule has 3 heteroatoms. The van der Waals surface area contributed by atoms with E-state index in [2.05, 4.69) is 54.1 Å². The number of nitrogens with zero attached hydrogens (tertiary/aromatic N) is 2. The third-order valence-corrected chi connectivity index (χ3v) is 3.40. The maximum absolute atomic E-state index is 5.94. The predicted octanol–water partition coefficient (Wildman–Crippen LogP) is 4.60. The number of aromatic nitrogens is 1. The average Bonchev–Trinajstić information content (AvgIpc) is 2.41. The van der Waals surface area contributed by atoms with E-state index in [0.29, 0.717) is 5.88 Å². The van der Waals surface area contributed by atoms with Crippen LogP contribution < -0.4 is 4.90 Å². The molecule has 0 saturated heterocycles. The van der Waals surface area contributed by atoms with Crippen LogP contribution in [0.2, 0.25) is 0 Å². The highest BCUT2D eigenvalue weighted by Crippen LogP contribution is 2.25. The molecule has 0 fully saturated rings. The van der Waals surface area contributed by atoms with Gasteiger partial charge >= 0.3 is 0 Å². The van der Waals surface area contributed by atoms with Gasteiger partial charge in [-0.3, -0.25) is 0 Å². The first-order valence-corrected chi connectivity index (χ1v) is 7.05. The molecule has 0 spiro atoms. The molecule has 0 radical (unpaired) electrons. The van der Waals surface area contributed by atoms with Crippen LogP contribution in [0.15, 0.2) is 36.4 Å². The van der Waals surface area contributed by atoms with Gasteiger partial charge in [0.05, 0.1) is 0 Å². The van der Waals surface area contributed by atoms with Gasteiger partial charge in [0.15, 0.2) is 0 Å². The summed E-state index contributed by atoms with van der Waals surface area (Å²) < 4.78 is 0. The van der Waals surface area contributed by atoms with Crippen LogP contribution in [0.1, 0.15) is 23.7 Å². The Kier molecular flexibility index (Phi) is 4.43. The topological polar surface area (TPSA) is 16.1 Å². The summed E-state index contributed by atoms with van der Waals surface area (Å²) >= 11 is 5.94. The van der Waals surface area contributed by atoms with E-state index >= 15 is 0 Å². The maximum atomic E-state index is 5.94. The average molecular weight is 275 g/mol. The highest BCUT2D eigenvalue weighted by Gasteiger charge is 2.10. The quantitative estimate of drug-likeness (QED) is 0.758. The molecule has 2 rings (SSSR count). The van der Waals surface area contributed by atoms with Gasteiger partial charge in [0, 0.05) is 23.8 Å². The monoisotopic (exact) mass is 274 g/mol. The van der Waals surface area contributed by atoms with Crippen molar-refractivity contribution in [3.63, 3.8) is 0 Å². The summed E-state index contributed by atoms with van der Waals surface area (Å²) in [5.74, 6) is 1.48. The van der Waals surface area contributed by atoms with E-state index < -0.39 is 0 Å². The zero-order chi connectivity index (χ0) is 13.8. The van der Waals surface area contributed by atoms with E-state index in [1.807, 2.05) is 13.0 Å². The van der Waals surface area contributed by atoms with Gasteiger partial charge in [0.2, 0.25) is 0 Å². The van der Waals surface area contributed by atoms with Gasteiger partial charge in [-0.25, -0.2) is 4.98 Å². The minimum Gasteiger partial charge on any atom is -0.327 e. The van der Waals surface area contributed by atoms with Crippen molar-refractivity contribution < 1.29 is 0 Å². The number of rotatable bonds is 4. The Morgan fingerprint density at radius 3 is 2.37 bits per heavy atom. The molecule has 0 amide bonds. The minimum absolute atomic E-state index is 0.516. The van der Waals surface area contributed by atoms with Crippen LogP contribution in [-0.4, -0.2) is 11.5 Å². The second kappa shape index (κ2) is 6.07. The van der Waals surface area contributed by atoms with E-state index in [1.54, 1.807) is 0 Å². The number of hydrogen-bond acceptors (Lipinski definition) is 2. The van der Waals surface area contributed by atoms with Crippen molar-refractivity contribution in [1.82, 2.24) is 4.98 Å². The van der Waals surface area contributed by atoms with Gasteiger partial charge in [0.25, 0.3) is 0 Å². The summed E-state index contributed by atoms with van der Waals surface area (Å²) in [5.41, 5.74) is 4.53. The summed E-state index contributed by atoms with van der Waals surface area (Å²) in [5, 5.41) is 0. The molecule has 1 heterocycles. The van der Waals surface area contributed by atoms with Gasteiger partial charge in [-0.15, -0.1) is 11.6 Å². The van der Waals surface area contributed by atoms with Crippen molar-refractivity contribution in [2.45, 2.75) is 26.7 Å². The Bertz CT molecular complexity index is 549. The highest BCUT2D eigenvalue weighted by atomic mass is 35.5. The number of hydrogen-bond donors (Lipinski definition) is 0. The van der Waals surface area contributed by atoms with Crippen LogP contribution in [0.3, 0.4) is 0 Å². The molecule has 0 aliphatic heterocycles. The van der Waals surface area contributed by atoms with Crippen LogP contribution in [0.25, 0.3) is 0 Å². The second-order valence-electron chi connectivity index (χ2n) is 4.69. The summed E-state index contributed by atoms with van der Waals surface area (Å²) in [6, 6.07) is 12.6. The minimum atomic E-state index is 0.516. The van der Waals surface area contributed by atoms with Crippen LogP contribution >= 0.6 is 11.6 Å². The summed E-state index contributed by atoms with van der Waals surface area (Å²) in [6.07, 6.45) is 0. The van der Waals surface area contributed by atoms with E-state index in [0.717, 1.165) is 29.3 Å². The van der Waals surface area contributed by atoms with Crippen LogP contribution in [0.5, 0.6) is 0 Å². The van der Waals surface area contributed by atoms with Gasteiger partial charge in [-0.2, -0.15) is 0 Å². The third kappa shape index (κ3) is 3.27. The van der Waals surface area contributed by atoms with E-state index in [1.165, 1.54) is 5.56 Å². The number of pyridine rings is 1. The molecule has 19 heavy (non-hydrogen) atoms. The smallest absolute Gasteiger partial charge is 0.133 e. The highest BCUT2D eigenvalue weighted by molar-refractivity contribution is 6.17. The van der Waals surface area contributed by atoms with Crippen molar-refractivity contribution in [3.8, 4) is 0 Å². The lowest BCUT2D eigenvalue weighted by atomic mass is 10.2. The molecule has 0 saturated carbocycles. The first-order chi connectivity index (χ1) is 9.13. The van der Waals surface area contributed by atoms with Crippen molar-refractivity contribution in [1.29, 1.82) is 0 Å². The fourth-order valence-electron chi connectivity index (χ4n) is 2.14. The Morgan fingerprint density at radius 2 is 1.79 bits per heavy atom. The number of halogens is 1. The molecule has 0 aliphatic carbocycles. The van der Waals surface area contributed by atoms with Crippen LogP contribution in [0.4, 0.5) is 11.5 Å². The first-order valence-electron chi connectivity index (χ1n) is 6.51. The summed E-state index contributed by atoms with van der Waals surface area (Å²) in [6.45, 7) is 7.10. The Hall–Kier alpha value is -1.54. The first kappa shape index (κ1) is 13.9. The normalized spacial score (nSPS) is 10.5. The largest absolute Gasteiger partial charge is 0.327 e. The van der Waals surface area contributed by atoms with Crippen molar-refractivity contribution in [2.75, 3.05) is 11.4 Å². The van der Waals surface area contributed by atoms with Gasteiger partial charge < -0.3 is 4.90 Å². The molecule has 2 nitrogen and oxygen atoms in total. The van der Waals surface area contributed by atoms with Crippen molar-refractivity contribution in [2.24, 2.45) is 0 Å². The number of alkyl halides is 1.